The number of rotatable bonds is 3. The molecule has 22 heavy (non-hydrogen) atoms. The van der Waals surface area contributed by atoms with E-state index < -0.39 is 0 Å². The van der Waals surface area contributed by atoms with Crippen LogP contribution in [0.2, 0.25) is 0 Å². The van der Waals surface area contributed by atoms with Gasteiger partial charge < -0.3 is 10.6 Å². The van der Waals surface area contributed by atoms with Crippen LogP contribution in [0, 0.1) is 0 Å². The molecule has 2 heterocycles. The number of anilines is 1. The first-order valence-electron chi connectivity index (χ1n) is 7.49. The fourth-order valence-electron chi connectivity index (χ4n) is 2.64. The van der Waals surface area contributed by atoms with Crippen molar-refractivity contribution in [3.63, 3.8) is 0 Å². The van der Waals surface area contributed by atoms with Gasteiger partial charge in [0.15, 0.2) is 0 Å². The van der Waals surface area contributed by atoms with E-state index in [1.165, 1.54) is 0 Å². The molecule has 3 rings (SSSR count). The van der Waals surface area contributed by atoms with Crippen molar-refractivity contribution < 1.29 is 4.79 Å². The van der Waals surface area contributed by atoms with Crippen molar-refractivity contribution in [3.05, 3.63) is 59.9 Å². The third-order valence-electron chi connectivity index (χ3n) is 3.93. The van der Waals surface area contributed by atoms with Crippen LogP contribution in [0.25, 0.3) is 0 Å². The molecule has 2 N–H and O–H groups in total. The maximum absolute atomic E-state index is 12.4. The predicted molar refractivity (Wildman–Crippen MR) is 86.3 cm³/mol. The van der Waals surface area contributed by atoms with Gasteiger partial charge in [-0.2, -0.15) is 0 Å². The number of benzene rings is 1. The van der Waals surface area contributed by atoms with Crippen molar-refractivity contribution in [1.82, 2.24) is 14.8 Å². The second kappa shape index (κ2) is 6.58. The number of pyridine rings is 1. The lowest BCUT2D eigenvalue weighted by molar-refractivity contribution is 0.0627. The molecule has 5 heteroatoms. The maximum atomic E-state index is 12.4. The first-order valence-corrected chi connectivity index (χ1v) is 7.49. The standard InChI is InChI=1S/C17H20N4O/c18-15-6-4-14(5-7-15)17(22)21-11-9-20(10-12-21)13-16-3-1-2-8-19-16/h1-8H,9-13,18H2. The van der Waals surface area contributed by atoms with Crippen molar-refractivity contribution in [2.45, 2.75) is 6.54 Å². The average molecular weight is 296 g/mol. The van der Waals surface area contributed by atoms with E-state index in [-0.39, 0.29) is 5.91 Å². The van der Waals surface area contributed by atoms with Crippen molar-refractivity contribution in [2.24, 2.45) is 0 Å². The van der Waals surface area contributed by atoms with Gasteiger partial charge in [-0.05, 0) is 36.4 Å². The third kappa shape index (κ3) is 3.43. The summed E-state index contributed by atoms with van der Waals surface area (Å²) in [6.07, 6.45) is 1.82. The van der Waals surface area contributed by atoms with E-state index >= 15 is 0 Å². The molecule has 5 nitrogen and oxygen atoms in total. The molecule has 0 saturated carbocycles. The summed E-state index contributed by atoms with van der Waals surface area (Å²) in [6, 6.07) is 13.1. The number of carbonyl (C=O) groups excluding carboxylic acids is 1. The van der Waals surface area contributed by atoms with E-state index in [0.717, 1.165) is 38.4 Å². The van der Waals surface area contributed by atoms with Crippen LogP contribution in [0.3, 0.4) is 0 Å². The molecule has 2 aromatic rings. The SMILES string of the molecule is Nc1ccc(C(=O)N2CCN(Cc3ccccn3)CC2)cc1. The quantitative estimate of drug-likeness (QED) is 0.874. The van der Waals surface area contributed by atoms with E-state index in [1.807, 2.05) is 29.3 Å². The Hall–Kier alpha value is -2.40. The lowest BCUT2D eigenvalue weighted by Gasteiger charge is -2.34. The summed E-state index contributed by atoms with van der Waals surface area (Å²) in [4.78, 5) is 21.0. The minimum atomic E-state index is 0.0810. The smallest absolute Gasteiger partial charge is 0.253 e. The number of amides is 1. The van der Waals surface area contributed by atoms with E-state index in [2.05, 4.69) is 9.88 Å². The highest BCUT2D eigenvalue weighted by atomic mass is 16.2. The molecule has 0 aliphatic carbocycles. The van der Waals surface area contributed by atoms with Gasteiger partial charge in [0.2, 0.25) is 0 Å². The van der Waals surface area contributed by atoms with Gasteiger partial charge in [0.1, 0.15) is 0 Å². The average Bonchev–Trinajstić information content (AvgIpc) is 2.57. The maximum Gasteiger partial charge on any atom is 0.253 e. The van der Waals surface area contributed by atoms with Gasteiger partial charge in [-0.25, -0.2) is 0 Å². The van der Waals surface area contributed by atoms with Gasteiger partial charge in [-0.15, -0.1) is 0 Å². The van der Waals surface area contributed by atoms with Gasteiger partial charge in [0.25, 0.3) is 5.91 Å². The van der Waals surface area contributed by atoms with Gasteiger partial charge in [0.05, 0.1) is 5.69 Å². The summed E-state index contributed by atoms with van der Waals surface area (Å²) < 4.78 is 0. The largest absolute Gasteiger partial charge is 0.399 e. The van der Waals surface area contributed by atoms with Gasteiger partial charge in [-0.1, -0.05) is 6.07 Å². The van der Waals surface area contributed by atoms with E-state index in [4.69, 9.17) is 5.73 Å². The van der Waals surface area contributed by atoms with E-state index in [9.17, 15) is 4.79 Å². The zero-order chi connectivity index (χ0) is 15.4. The molecule has 1 aromatic carbocycles. The first-order chi connectivity index (χ1) is 10.7. The summed E-state index contributed by atoms with van der Waals surface area (Å²) in [5.41, 5.74) is 8.11. The van der Waals surface area contributed by atoms with E-state index in [1.54, 1.807) is 24.3 Å². The monoisotopic (exact) mass is 296 g/mol. The molecular formula is C17H20N4O. The highest BCUT2D eigenvalue weighted by molar-refractivity contribution is 5.94. The summed E-state index contributed by atoms with van der Waals surface area (Å²) in [6.45, 7) is 4.07. The van der Waals surface area contributed by atoms with Gasteiger partial charge >= 0.3 is 0 Å². The Labute approximate surface area is 130 Å². The van der Waals surface area contributed by atoms with Gasteiger partial charge in [0, 0.05) is 50.2 Å². The van der Waals surface area contributed by atoms with Crippen LogP contribution in [-0.2, 0) is 6.54 Å². The summed E-state index contributed by atoms with van der Waals surface area (Å²) in [7, 11) is 0. The molecule has 0 radical (unpaired) electrons. The highest BCUT2D eigenvalue weighted by Gasteiger charge is 2.22. The summed E-state index contributed by atoms with van der Waals surface area (Å²) in [5, 5.41) is 0. The normalized spacial score (nSPS) is 15.7. The molecule has 114 valence electrons. The van der Waals surface area contributed by atoms with Crippen LogP contribution in [0.15, 0.2) is 48.7 Å². The van der Waals surface area contributed by atoms with Crippen molar-refractivity contribution in [2.75, 3.05) is 31.9 Å². The molecule has 0 atom stereocenters. The van der Waals surface area contributed by atoms with Crippen molar-refractivity contribution in [3.8, 4) is 0 Å². The van der Waals surface area contributed by atoms with Gasteiger partial charge in [-0.3, -0.25) is 14.7 Å². The Balaban J connectivity index is 1.55. The fourth-order valence-corrected chi connectivity index (χ4v) is 2.64. The lowest BCUT2D eigenvalue weighted by atomic mass is 10.1. The number of piperazine rings is 1. The van der Waals surface area contributed by atoms with E-state index in [0.29, 0.717) is 11.3 Å². The zero-order valence-corrected chi connectivity index (χ0v) is 12.5. The number of hydrogen-bond donors (Lipinski definition) is 1. The Morgan fingerprint density at radius 1 is 1.05 bits per heavy atom. The van der Waals surface area contributed by atoms with Crippen LogP contribution in [0.4, 0.5) is 5.69 Å². The van der Waals surface area contributed by atoms with Crippen LogP contribution < -0.4 is 5.73 Å². The molecule has 1 aliphatic heterocycles. The number of nitrogen functional groups attached to an aromatic ring is 1. The number of nitrogens with two attached hydrogens (primary N) is 1. The molecule has 1 fully saturated rings. The topological polar surface area (TPSA) is 62.5 Å². The Bertz CT molecular complexity index is 619. The minimum absolute atomic E-state index is 0.0810. The second-order valence-electron chi connectivity index (χ2n) is 5.51. The number of hydrogen-bond acceptors (Lipinski definition) is 4. The Morgan fingerprint density at radius 3 is 2.41 bits per heavy atom. The Kier molecular flexibility index (Phi) is 4.34. The predicted octanol–water partition coefficient (Wildman–Crippen LogP) is 1.62. The molecule has 1 saturated heterocycles. The molecule has 1 amide bonds. The van der Waals surface area contributed by atoms with Crippen LogP contribution in [0.1, 0.15) is 16.1 Å². The highest BCUT2D eigenvalue weighted by Crippen LogP contribution is 2.12. The minimum Gasteiger partial charge on any atom is -0.399 e. The number of aromatic nitrogens is 1. The summed E-state index contributed by atoms with van der Waals surface area (Å²) in [5.74, 6) is 0.0810. The van der Waals surface area contributed by atoms with Crippen LogP contribution >= 0.6 is 0 Å². The zero-order valence-electron chi connectivity index (χ0n) is 12.5. The number of carbonyl (C=O) groups is 1. The molecule has 0 unspecified atom stereocenters. The number of nitrogens with zero attached hydrogens (tertiary/aromatic N) is 3. The lowest BCUT2D eigenvalue weighted by Crippen LogP contribution is -2.48. The van der Waals surface area contributed by atoms with Crippen LogP contribution in [-0.4, -0.2) is 46.9 Å². The molecule has 1 aromatic heterocycles. The molecular weight excluding hydrogens is 276 g/mol. The van der Waals surface area contributed by atoms with Crippen LogP contribution in [0.5, 0.6) is 0 Å². The van der Waals surface area contributed by atoms with Crippen molar-refractivity contribution >= 4 is 11.6 Å². The second-order valence-corrected chi connectivity index (χ2v) is 5.51. The fraction of sp³-hybridized carbons (Fsp3) is 0.294. The summed E-state index contributed by atoms with van der Waals surface area (Å²) >= 11 is 0. The van der Waals surface area contributed by atoms with Crippen molar-refractivity contribution in [1.29, 1.82) is 0 Å². The molecule has 0 spiro atoms. The Morgan fingerprint density at radius 2 is 1.77 bits per heavy atom. The molecule has 1 aliphatic rings. The third-order valence-corrected chi connectivity index (χ3v) is 3.93. The molecule has 0 bridgehead atoms. The first kappa shape index (κ1) is 14.5.